The average Bonchev–Trinajstić information content (AvgIpc) is 2.69. The number of aryl methyl sites for hydroxylation is 1. The summed E-state index contributed by atoms with van der Waals surface area (Å²) in [5, 5.41) is 21.8. The molecular weight excluding hydrogens is 230 g/mol. The van der Waals surface area contributed by atoms with E-state index in [0.29, 0.717) is 11.7 Å². The lowest BCUT2D eigenvalue weighted by Gasteiger charge is -2.08. The highest BCUT2D eigenvalue weighted by Gasteiger charge is 2.14. The highest BCUT2D eigenvalue weighted by molar-refractivity contribution is 5.76. The van der Waals surface area contributed by atoms with Crippen molar-refractivity contribution in [3.05, 3.63) is 17.8 Å². The van der Waals surface area contributed by atoms with E-state index >= 15 is 0 Å². The Kier molecular flexibility index (Phi) is 4.46. The van der Waals surface area contributed by atoms with Crippen LogP contribution in [0.5, 0.6) is 0 Å². The number of hydrogen-bond donors (Lipinski definition) is 4. The summed E-state index contributed by atoms with van der Waals surface area (Å²) in [6.45, 7) is 1.44. The number of nitrogens with zero attached hydrogens (tertiary/aromatic N) is 1. The molecule has 0 saturated carbocycles. The number of aliphatic hydroxyl groups excluding tert-OH is 1. The monoisotopic (exact) mass is 243 g/mol. The minimum Gasteiger partial charge on any atom is -0.479 e. The van der Waals surface area contributed by atoms with Crippen molar-refractivity contribution < 1.29 is 24.2 Å². The average molecular weight is 243 g/mol. The largest absolute Gasteiger partial charge is 0.479 e. The number of amides is 2. The standard InChI is InChI=1S/C9H13N3O5/c1-5-2-10-7(17-5)4-12-9(16)11-3-6(13)8(14)15/h2,6,13H,3-4H2,1H3,(H,14,15)(H2,11,12,16). The molecule has 0 aliphatic heterocycles. The van der Waals surface area contributed by atoms with Crippen LogP contribution in [0.15, 0.2) is 10.6 Å². The summed E-state index contributed by atoms with van der Waals surface area (Å²) in [6.07, 6.45) is -0.104. The maximum Gasteiger partial charge on any atom is 0.334 e. The van der Waals surface area contributed by atoms with Crippen molar-refractivity contribution in [1.29, 1.82) is 0 Å². The quantitative estimate of drug-likeness (QED) is 0.538. The van der Waals surface area contributed by atoms with Gasteiger partial charge in [-0.2, -0.15) is 0 Å². The van der Waals surface area contributed by atoms with Crippen molar-refractivity contribution in [3.63, 3.8) is 0 Å². The Balaban J connectivity index is 2.24. The number of hydrogen-bond acceptors (Lipinski definition) is 5. The lowest BCUT2D eigenvalue weighted by Crippen LogP contribution is -2.41. The van der Waals surface area contributed by atoms with Crippen molar-refractivity contribution in [2.45, 2.75) is 19.6 Å². The molecule has 1 rings (SSSR count). The van der Waals surface area contributed by atoms with Crippen molar-refractivity contribution in [1.82, 2.24) is 15.6 Å². The zero-order valence-electron chi connectivity index (χ0n) is 9.14. The summed E-state index contributed by atoms with van der Waals surface area (Å²) in [4.78, 5) is 25.3. The molecule has 1 atom stereocenters. The van der Waals surface area contributed by atoms with E-state index in [2.05, 4.69) is 15.6 Å². The van der Waals surface area contributed by atoms with E-state index in [9.17, 15) is 9.59 Å². The van der Waals surface area contributed by atoms with Gasteiger partial charge in [0, 0.05) is 0 Å². The number of aliphatic hydroxyl groups is 1. The van der Waals surface area contributed by atoms with Crippen LogP contribution in [0.1, 0.15) is 11.7 Å². The van der Waals surface area contributed by atoms with E-state index < -0.39 is 18.1 Å². The van der Waals surface area contributed by atoms with Gasteiger partial charge in [0.25, 0.3) is 0 Å². The molecule has 0 aliphatic carbocycles. The van der Waals surface area contributed by atoms with Gasteiger partial charge in [-0.15, -0.1) is 0 Å². The van der Waals surface area contributed by atoms with Crippen molar-refractivity contribution in [2.75, 3.05) is 6.54 Å². The van der Waals surface area contributed by atoms with Crippen LogP contribution in [0.25, 0.3) is 0 Å². The molecule has 8 nitrogen and oxygen atoms in total. The van der Waals surface area contributed by atoms with E-state index in [4.69, 9.17) is 14.6 Å². The van der Waals surface area contributed by atoms with Crippen LogP contribution in [0.3, 0.4) is 0 Å². The van der Waals surface area contributed by atoms with E-state index in [1.54, 1.807) is 6.92 Å². The fraction of sp³-hybridized carbons (Fsp3) is 0.444. The molecule has 17 heavy (non-hydrogen) atoms. The molecule has 2 amide bonds. The minimum absolute atomic E-state index is 0.0862. The summed E-state index contributed by atoms with van der Waals surface area (Å²) in [5.74, 6) is -0.423. The molecular formula is C9H13N3O5. The van der Waals surface area contributed by atoms with Crippen molar-refractivity contribution in [2.24, 2.45) is 0 Å². The molecule has 0 saturated heterocycles. The van der Waals surface area contributed by atoms with Crippen LogP contribution >= 0.6 is 0 Å². The third-order valence-electron chi connectivity index (χ3n) is 1.81. The number of rotatable bonds is 5. The summed E-state index contributed by atoms with van der Waals surface area (Å²) in [7, 11) is 0. The van der Waals surface area contributed by atoms with Gasteiger partial charge in [0.15, 0.2) is 6.10 Å². The molecule has 8 heteroatoms. The molecule has 94 valence electrons. The number of carboxylic acid groups (broad SMARTS) is 1. The number of oxazole rings is 1. The second-order valence-electron chi connectivity index (χ2n) is 3.28. The third kappa shape index (κ3) is 4.51. The second kappa shape index (κ2) is 5.85. The van der Waals surface area contributed by atoms with E-state index in [-0.39, 0.29) is 13.1 Å². The summed E-state index contributed by atoms with van der Waals surface area (Å²) >= 11 is 0. The normalized spacial score (nSPS) is 11.9. The molecule has 0 fully saturated rings. The molecule has 0 spiro atoms. The Morgan fingerprint density at radius 1 is 1.53 bits per heavy atom. The van der Waals surface area contributed by atoms with Crippen LogP contribution in [0, 0.1) is 6.92 Å². The molecule has 0 radical (unpaired) electrons. The maximum atomic E-state index is 11.2. The Bertz CT molecular complexity index is 403. The van der Waals surface area contributed by atoms with Gasteiger partial charge in [-0.25, -0.2) is 14.6 Å². The molecule has 0 bridgehead atoms. The van der Waals surface area contributed by atoms with E-state index in [0.717, 1.165) is 0 Å². The second-order valence-corrected chi connectivity index (χ2v) is 3.28. The smallest absolute Gasteiger partial charge is 0.334 e. The number of urea groups is 1. The number of aromatic nitrogens is 1. The fourth-order valence-corrected chi connectivity index (χ4v) is 0.978. The van der Waals surface area contributed by atoms with Gasteiger partial charge in [0.2, 0.25) is 5.89 Å². The van der Waals surface area contributed by atoms with Gasteiger partial charge in [0.05, 0.1) is 19.3 Å². The third-order valence-corrected chi connectivity index (χ3v) is 1.81. The van der Waals surface area contributed by atoms with E-state index in [1.165, 1.54) is 6.20 Å². The summed E-state index contributed by atoms with van der Waals surface area (Å²) in [6, 6.07) is -0.610. The van der Waals surface area contributed by atoms with Gasteiger partial charge < -0.3 is 25.3 Å². The van der Waals surface area contributed by atoms with Crippen LogP contribution < -0.4 is 10.6 Å². The Hall–Kier alpha value is -2.09. The Labute approximate surface area is 96.6 Å². The zero-order valence-corrected chi connectivity index (χ0v) is 9.14. The van der Waals surface area contributed by atoms with Crippen LogP contribution in [0.4, 0.5) is 4.79 Å². The van der Waals surface area contributed by atoms with Gasteiger partial charge >= 0.3 is 12.0 Å². The number of carboxylic acids is 1. The van der Waals surface area contributed by atoms with Crippen molar-refractivity contribution >= 4 is 12.0 Å². The number of carbonyl (C=O) groups excluding carboxylic acids is 1. The van der Waals surface area contributed by atoms with Crippen LogP contribution in [0.2, 0.25) is 0 Å². The first-order chi connectivity index (χ1) is 7.99. The summed E-state index contributed by atoms with van der Waals surface area (Å²) < 4.78 is 5.10. The number of carbonyl (C=O) groups is 2. The lowest BCUT2D eigenvalue weighted by molar-refractivity contribution is -0.146. The lowest BCUT2D eigenvalue weighted by atomic mass is 10.4. The molecule has 1 aromatic heterocycles. The number of aliphatic carboxylic acids is 1. The van der Waals surface area contributed by atoms with Gasteiger partial charge in [-0.05, 0) is 6.92 Å². The molecule has 1 aromatic rings. The Morgan fingerprint density at radius 3 is 2.76 bits per heavy atom. The zero-order chi connectivity index (χ0) is 12.8. The molecule has 0 aromatic carbocycles. The van der Waals surface area contributed by atoms with E-state index in [1.807, 2.05) is 0 Å². The Morgan fingerprint density at radius 2 is 2.24 bits per heavy atom. The van der Waals surface area contributed by atoms with Crippen LogP contribution in [-0.4, -0.2) is 39.8 Å². The van der Waals surface area contributed by atoms with Gasteiger partial charge in [-0.3, -0.25) is 0 Å². The first kappa shape index (κ1) is 13.0. The molecule has 4 N–H and O–H groups in total. The highest BCUT2D eigenvalue weighted by Crippen LogP contribution is 2.00. The predicted molar refractivity (Wildman–Crippen MR) is 55.1 cm³/mol. The maximum absolute atomic E-state index is 11.2. The first-order valence-corrected chi connectivity index (χ1v) is 4.83. The van der Waals surface area contributed by atoms with Gasteiger partial charge in [0.1, 0.15) is 5.76 Å². The molecule has 0 aliphatic rings. The van der Waals surface area contributed by atoms with Gasteiger partial charge in [-0.1, -0.05) is 0 Å². The summed E-state index contributed by atoms with van der Waals surface area (Å²) in [5.41, 5.74) is 0. The molecule has 1 unspecified atom stereocenters. The first-order valence-electron chi connectivity index (χ1n) is 4.83. The topological polar surface area (TPSA) is 125 Å². The predicted octanol–water partition coefficient (Wildman–Crippen LogP) is -0.772. The fourth-order valence-electron chi connectivity index (χ4n) is 0.978. The van der Waals surface area contributed by atoms with Crippen molar-refractivity contribution in [3.8, 4) is 0 Å². The van der Waals surface area contributed by atoms with Crippen LogP contribution in [-0.2, 0) is 11.3 Å². The molecule has 1 heterocycles. The number of nitrogens with one attached hydrogen (secondary N) is 2. The SMILES string of the molecule is Cc1cnc(CNC(=O)NCC(O)C(=O)O)o1. The minimum atomic E-state index is -1.62. The highest BCUT2D eigenvalue weighted by atomic mass is 16.4.